The van der Waals surface area contributed by atoms with Gasteiger partial charge in [-0.3, -0.25) is 0 Å². The van der Waals surface area contributed by atoms with Gasteiger partial charge in [-0.1, -0.05) is 77.3 Å². The van der Waals surface area contributed by atoms with Crippen molar-refractivity contribution in [2.24, 2.45) is 22.7 Å². The Balaban J connectivity index is 1.59. The van der Waals surface area contributed by atoms with Crippen LogP contribution in [-0.4, -0.2) is 41.6 Å². The summed E-state index contributed by atoms with van der Waals surface area (Å²) in [7, 11) is -3.83. The second-order valence-corrected chi connectivity index (χ2v) is 28.3. The summed E-state index contributed by atoms with van der Waals surface area (Å²) in [6.07, 6.45) is 18.1. The highest BCUT2D eigenvalue weighted by atomic mass is 28.4. The lowest BCUT2D eigenvalue weighted by Gasteiger charge is -2.49. The van der Waals surface area contributed by atoms with E-state index in [1.54, 1.807) is 11.1 Å². The Morgan fingerprint density at radius 2 is 1.45 bits per heavy atom. The summed E-state index contributed by atoms with van der Waals surface area (Å²) in [5, 5.41) is 0.415. The number of rotatable bonds is 10. The topological polar surface area (TPSA) is 27.7 Å². The molecule has 0 amide bonds. The standard InChI is InChI=1S/C39H70O3Si2/c1-28(2)21-25-40-29(3)32-19-20-33-31(16-15-22-38(32,33)10)18-17-30-26-34(41-43(11,12)36(4,5)6)39(23-24-39)35(27-30)42-44(13,14)37(7,8)9/h17-18,29,32-35H,1,15-16,19-27H2,2-14H3/b31-18+/t29-,32?,33?,34-,35-,38?/m1/s1. The first-order valence-electron chi connectivity index (χ1n) is 18.1. The predicted molar refractivity (Wildman–Crippen MR) is 194 cm³/mol. The van der Waals surface area contributed by atoms with E-state index in [9.17, 15) is 0 Å². The zero-order chi connectivity index (χ0) is 32.9. The van der Waals surface area contributed by atoms with Crippen molar-refractivity contribution in [1.82, 2.24) is 0 Å². The van der Waals surface area contributed by atoms with Crippen molar-refractivity contribution in [3.63, 3.8) is 0 Å². The molecule has 4 rings (SSSR count). The molecule has 0 aromatic rings. The average molecular weight is 643 g/mol. The normalized spacial score (nSPS) is 32.6. The van der Waals surface area contributed by atoms with Crippen LogP contribution < -0.4 is 0 Å². The van der Waals surface area contributed by atoms with Gasteiger partial charge >= 0.3 is 0 Å². The highest BCUT2D eigenvalue weighted by Crippen LogP contribution is 2.62. The molecule has 44 heavy (non-hydrogen) atoms. The molecule has 5 heteroatoms. The Morgan fingerprint density at radius 1 is 0.909 bits per heavy atom. The number of ether oxygens (including phenoxy) is 1. The van der Waals surface area contributed by atoms with Crippen LogP contribution in [0.15, 0.2) is 35.5 Å². The molecule has 0 heterocycles. The van der Waals surface area contributed by atoms with Gasteiger partial charge in [-0.15, -0.1) is 6.58 Å². The number of hydrogen-bond acceptors (Lipinski definition) is 3. The second-order valence-electron chi connectivity index (χ2n) is 18.8. The SMILES string of the molecule is C=C(C)CCO[C@H](C)C1CCC2/C(=C/C=C3C[C@@H](O[Si](C)(C)C(C)(C)C)C4(CC4)[C@H](O[Si](C)(C)C(C)(C)C)C3)CCCC21C. The average Bonchev–Trinajstić information content (AvgIpc) is 3.58. The van der Waals surface area contributed by atoms with E-state index in [-0.39, 0.29) is 27.7 Å². The van der Waals surface area contributed by atoms with Crippen molar-refractivity contribution in [2.75, 3.05) is 6.61 Å². The minimum absolute atomic E-state index is 0.206. The fourth-order valence-electron chi connectivity index (χ4n) is 8.29. The van der Waals surface area contributed by atoms with Crippen LogP contribution in [0.4, 0.5) is 0 Å². The first-order chi connectivity index (χ1) is 20.1. The number of allylic oxidation sites excluding steroid dienone is 3. The summed E-state index contributed by atoms with van der Waals surface area (Å²) >= 11 is 0. The molecule has 0 aliphatic heterocycles. The van der Waals surface area contributed by atoms with E-state index in [0.29, 0.717) is 23.4 Å². The van der Waals surface area contributed by atoms with Crippen molar-refractivity contribution in [3.8, 4) is 0 Å². The van der Waals surface area contributed by atoms with Gasteiger partial charge in [-0.05, 0) is 132 Å². The van der Waals surface area contributed by atoms with Crippen molar-refractivity contribution < 1.29 is 13.6 Å². The van der Waals surface area contributed by atoms with Crippen LogP contribution in [0.2, 0.25) is 36.3 Å². The lowest BCUT2D eigenvalue weighted by molar-refractivity contribution is -0.0237. The fourth-order valence-corrected chi connectivity index (χ4v) is 11.1. The van der Waals surface area contributed by atoms with Gasteiger partial charge in [0.2, 0.25) is 0 Å². The first-order valence-corrected chi connectivity index (χ1v) is 23.9. The van der Waals surface area contributed by atoms with Crippen LogP contribution in [0.1, 0.15) is 127 Å². The lowest BCUT2D eigenvalue weighted by Crippen LogP contribution is -2.54. The molecule has 0 bridgehead atoms. The van der Waals surface area contributed by atoms with E-state index in [1.807, 2.05) is 0 Å². The largest absolute Gasteiger partial charge is 0.413 e. The molecule has 0 aromatic heterocycles. The van der Waals surface area contributed by atoms with E-state index in [2.05, 4.69) is 107 Å². The molecule has 3 unspecified atom stereocenters. The molecular formula is C39H70O3Si2. The molecule has 252 valence electrons. The molecule has 0 N–H and O–H groups in total. The Labute approximate surface area is 275 Å². The van der Waals surface area contributed by atoms with E-state index in [4.69, 9.17) is 13.6 Å². The smallest absolute Gasteiger partial charge is 0.192 e. The summed E-state index contributed by atoms with van der Waals surface area (Å²) in [5.74, 6) is 1.32. The fraction of sp³-hybridized carbons (Fsp3) is 0.846. The van der Waals surface area contributed by atoms with Crippen LogP contribution in [0.3, 0.4) is 0 Å². The van der Waals surface area contributed by atoms with Gasteiger partial charge in [0.05, 0.1) is 24.9 Å². The summed E-state index contributed by atoms with van der Waals surface area (Å²) in [4.78, 5) is 0. The third-order valence-corrected chi connectivity index (χ3v) is 22.5. The minimum atomic E-state index is -1.92. The van der Waals surface area contributed by atoms with Gasteiger partial charge in [0.25, 0.3) is 0 Å². The van der Waals surface area contributed by atoms with E-state index in [1.165, 1.54) is 50.5 Å². The van der Waals surface area contributed by atoms with Crippen LogP contribution in [0.5, 0.6) is 0 Å². The molecule has 4 saturated carbocycles. The first kappa shape index (κ1) is 36.4. The quantitative estimate of drug-likeness (QED) is 0.175. The van der Waals surface area contributed by atoms with Crippen LogP contribution in [0.25, 0.3) is 0 Å². The summed E-state index contributed by atoms with van der Waals surface area (Å²) in [6.45, 7) is 35.9. The Hall–Kier alpha value is -0.466. The highest BCUT2D eigenvalue weighted by Gasteiger charge is 2.61. The van der Waals surface area contributed by atoms with Crippen molar-refractivity contribution >= 4 is 16.6 Å². The molecule has 0 saturated heterocycles. The third-order valence-electron chi connectivity index (χ3n) is 13.5. The third kappa shape index (κ3) is 7.48. The predicted octanol–water partition coefficient (Wildman–Crippen LogP) is 11.8. The maximum atomic E-state index is 7.34. The highest BCUT2D eigenvalue weighted by molar-refractivity contribution is 6.74. The van der Waals surface area contributed by atoms with Gasteiger partial charge in [0, 0.05) is 5.41 Å². The lowest BCUT2D eigenvalue weighted by atomic mass is 9.62. The van der Waals surface area contributed by atoms with E-state index in [0.717, 1.165) is 25.9 Å². The zero-order valence-electron chi connectivity index (χ0n) is 31.3. The Kier molecular flexibility index (Phi) is 10.6. The summed E-state index contributed by atoms with van der Waals surface area (Å²) in [5.41, 5.74) is 5.02. The molecule has 3 nitrogen and oxygen atoms in total. The van der Waals surface area contributed by atoms with Gasteiger partial charge in [-0.25, -0.2) is 0 Å². The molecule has 0 aromatic carbocycles. The van der Waals surface area contributed by atoms with Crippen LogP contribution in [0, 0.1) is 22.7 Å². The molecular weight excluding hydrogens is 573 g/mol. The monoisotopic (exact) mass is 642 g/mol. The Bertz CT molecular complexity index is 1060. The Morgan fingerprint density at radius 3 is 1.93 bits per heavy atom. The van der Waals surface area contributed by atoms with Gasteiger partial charge in [0.1, 0.15) is 0 Å². The zero-order valence-corrected chi connectivity index (χ0v) is 33.3. The summed E-state index contributed by atoms with van der Waals surface area (Å²) < 4.78 is 21.1. The molecule has 1 spiro atoms. The molecule has 0 radical (unpaired) electrons. The van der Waals surface area contributed by atoms with E-state index >= 15 is 0 Å². The van der Waals surface area contributed by atoms with Crippen molar-refractivity contribution in [3.05, 3.63) is 35.5 Å². The van der Waals surface area contributed by atoms with Gasteiger partial charge in [-0.2, -0.15) is 0 Å². The second kappa shape index (κ2) is 12.9. The molecule has 6 atom stereocenters. The minimum Gasteiger partial charge on any atom is -0.413 e. The van der Waals surface area contributed by atoms with Crippen molar-refractivity contribution in [2.45, 2.75) is 181 Å². The van der Waals surface area contributed by atoms with Crippen molar-refractivity contribution in [1.29, 1.82) is 0 Å². The van der Waals surface area contributed by atoms with Gasteiger partial charge < -0.3 is 13.6 Å². The van der Waals surface area contributed by atoms with Crippen LogP contribution in [-0.2, 0) is 13.6 Å². The van der Waals surface area contributed by atoms with Crippen LogP contribution >= 0.6 is 0 Å². The maximum absolute atomic E-state index is 7.34. The molecule has 4 fully saturated rings. The van der Waals surface area contributed by atoms with Gasteiger partial charge in [0.15, 0.2) is 16.6 Å². The number of fused-ring (bicyclic) bond motifs is 1. The molecule has 4 aliphatic carbocycles. The maximum Gasteiger partial charge on any atom is 0.192 e. The van der Waals surface area contributed by atoms with E-state index < -0.39 is 16.6 Å². The molecule has 4 aliphatic rings. The summed E-state index contributed by atoms with van der Waals surface area (Å²) in [6, 6.07) is 0. The number of hydrogen-bond donors (Lipinski definition) is 0.